The summed E-state index contributed by atoms with van der Waals surface area (Å²) in [6, 6.07) is 0. The van der Waals surface area contributed by atoms with E-state index in [0.29, 0.717) is 35.3 Å². The number of carbonyl (C=O) groups is 1. The van der Waals surface area contributed by atoms with Gasteiger partial charge in [0.2, 0.25) is 5.89 Å². The van der Waals surface area contributed by atoms with Gasteiger partial charge in [0.25, 0.3) is 5.91 Å². The molecule has 3 unspecified atom stereocenters. The predicted molar refractivity (Wildman–Crippen MR) is 88.9 cm³/mol. The zero-order chi connectivity index (χ0) is 16.9. The Kier molecular flexibility index (Phi) is 3.40. The molecule has 2 bridgehead atoms. The summed E-state index contributed by atoms with van der Waals surface area (Å²) in [5, 5.41) is 3.02. The van der Waals surface area contributed by atoms with Gasteiger partial charge in [-0.25, -0.2) is 9.97 Å². The van der Waals surface area contributed by atoms with Crippen LogP contribution in [0.1, 0.15) is 43.6 Å². The first kappa shape index (κ1) is 15.2. The van der Waals surface area contributed by atoms with Crippen LogP contribution < -0.4 is 11.1 Å². The molecule has 7 heteroatoms. The second-order valence-corrected chi connectivity index (χ2v) is 7.61. The highest BCUT2D eigenvalue weighted by Crippen LogP contribution is 2.61. The standard InChI is InChI=1S/C17H23N5O2/c1-17(2)10-4-3-9(11(17)5-10)6-19-15(23)12-7-24-16(22-12)13-14(18)21-8-20-13/h7-11H,3-6,18H2,1-2H3,(H,19,23)(H,20,21). The first-order valence-corrected chi connectivity index (χ1v) is 8.49. The molecule has 1 amide bonds. The van der Waals surface area contributed by atoms with E-state index < -0.39 is 0 Å². The predicted octanol–water partition coefficient (Wildman–Crippen LogP) is 2.45. The van der Waals surface area contributed by atoms with Gasteiger partial charge in [-0.05, 0) is 42.4 Å². The van der Waals surface area contributed by atoms with Gasteiger partial charge in [0.1, 0.15) is 12.0 Å². The van der Waals surface area contributed by atoms with E-state index in [1.54, 1.807) is 0 Å². The number of nitrogens with zero attached hydrogens (tertiary/aromatic N) is 2. The van der Waals surface area contributed by atoms with Gasteiger partial charge in [-0.1, -0.05) is 13.8 Å². The van der Waals surface area contributed by atoms with Gasteiger partial charge in [-0.15, -0.1) is 0 Å². The highest BCUT2D eigenvalue weighted by atomic mass is 16.3. The molecule has 24 heavy (non-hydrogen) atoms. The zero-order valence-electron chi connectivity index (χ0n) is 14.0. The van der Waals surface area contributed by atoms with Crippen molar-refractivity contribution in [3.63, 3.8) is 0 Å². The third-order valence-electron chi connectivity index (χ3n) is 6.15. The average Bonchev–Trinajstić information content (AvgIpc) is 3.21. The highest BCUT2D eigenvalue weighted by Gasteiger charge is 2.53. The fourth-order valence-corrected chi connectivity index (χ4v) is 4.49. The lowest BCUT2D eigenvalue weighted by Gasteiger charge is -2.60. The van der Waals surface area contributed by atoms with Gasteiger partial charge < -0.3 is 20.5 Å². The van der Waals surface area contributed by atoms with Gasteiger partial charge in [-0.2, -0.15) is 0 Å². The summed E-state index contributed by atoms with van der Waals surface area (Å²) in [6.45, 7) is 5.42. The molecule has 0 radical (unpaired) electrons. The van der Waals surface area contributed by atoms with Crippen LogP contribution in [0.2, 0.25) is 0 Å². The molecular formula is C17H23N5O2. The summed E-state index contributed by atoms with van der Waals surface area (Å²) in [6.07, 6.45) is 6.60. The second kappa shape index (κ2) is 5.36. The summed E-state index contributed by atoms with van der Waals surface area (Å²) in [5.74, 6) is 2.51. The zero-order valence-corrected chi connectivity index (χ0v) is 14.0. The van der Waals surface area contributed by atoms with Crippen molar-refractivity contribution in [3.05, 3.63) is 18.3 Å². The molecule has 0 aromatic carbocycles. The SMILES string of the molecule is CC1(C)C2CCC(CNC(=O)c3coc(-c4[nH]cnc4N)n3)C1C2. The Bertz CT molecular complexity index is 761. The topological polar surface area (TPSA) is 110 Å². The van der Waals surface area contributed by atoms with Crippen LogP contribution in [0.3, 0.4) is 0 Å². The van der Waals surface area contributed by atoms with Gasteiger partial charge in [-0.3, -0.25) is 4.79 Å². The number of oxazole rings is 1. The first-order chi connectivity index (χ1) is 11.5. The second-order valence-electron chi connectivity index (χ2n) is 7.61. The number of aromatic amines is 1. The van der Waals surface area contributed by atoms with Crippen molar-refractivity contribution in [2.24, 2.45) is 23.2 Å². The van der Waals surface area contributed by atoms with Gasteiger partial charge in [0.05, 0.1) is 6.33 Å². The van der Waals surface area contributed by atoms with Crippen LogP contribution in [-0.2, 0) is 0 Å². The number of rotatable bonds is 4. The highest BCUT2D eigenvalue weighted by molar-refractivity contribution is 5.92. The van der Waals surface area contributed by atoms with Crippen LogP contribution in [0.15, 0.2) is 17.0 Å². The number of amides is 1. The average molecular weight is 329 g/mol. The molecule has 128 valence electrons. The third kappa shape index (κ3) is 2.30. The first-order valence-electron chi connectivity index (χ1n) is 8.49. The van der Waals surface area contributed by atoms with Crippen molar-refractivity contribution in [1.29, 1.82) is 0 Å². The molecule has 7 nitrogen and oxygen atoms in total. The minimum atomic E-state index is -0.206. The lowest BCUT2D eigenvalue weighted by molar-refractivity contribution is -0.103. The lowest BCUT2D eigenvalue weighted by atomic mass is 9.45. The van der Waals surface area contributed by atoms with Crippen molar-refractivity contribution < 1.29 is 9.21 Å². The number of nitrogens with two attached hydrogens (primary N) is 1. The summed E-state index contributed by atoms with van der Waals surface area (Å²) in [4.78, 5) is 23.3. The number of aromatic nitrogens is 3. The number of imidazole rings is 1. The summed E-state index contributed by atoms with van der Waals surface area (Å²) >= 11 is 0. The smallest absolute Gasteiger partial charge is 0.273 e. The molecule has 2 aromatic heterocycles. The maximum atomic E-state index is 12.3. The monoisotopic (exact) mass is 329 g/mol. The van der Waals surface area contributed by atoms with Crippen molar-refractivity contribution in [2.75, 3.05) is 12.3 Å². The van der Waals surface area contributed by atoms with E-state index in [9.17, 15) is 4.79 Å². The van der Waals surface area contributed by atoms with Gasteiger partial charge >= 0.3 is 0 Å². The van der Waals surface area contributed by atoms with E-state index in [1.807, 2.05) is 0 Å². The fourth-order valence-electron chi connectivity index (χ4n) is 4.49. The molecule has 0 saturated heterocycles. The number of H-pyrrole nitrogens is 1. The largest absolute Gasteiger partial charge is 0.442 e. The van der Waals surface area contributed by atoms with E-state index in [-0.39, 0.29) is 17.5 Å². The van der Waals surface area contributed by atoms with Crippen molar-refractivity contribution in [3.8, 4) is 11.6 Å². The molecular weight excluding hydrogens is 306 g/mol. The molecule has 2 heterocycles. The normalized spacial score (nSPS) is 27.5. The van der Waals surface area contributed by atoms with Gasteiger partial charge in [0.15, 0.2) is 11.5 Å². The van der Waals surface area contributed by atoms with E-state index >= 15 is 0 Å². The molecule has 2 aromatic rings. The molecule has 3 atom stereocenters. The number of hydrogen-bond acceptors (Lipinski definition) is 5. The number of anilines is 1. The number of fused-ring (bicyclic) bond motifs is 2. The Morgan fingerprint density at radius 2 is 2.33 bits per heavy atom. The maximum absolute atomic E-state index is 12.3. The number of nitrogen functional groups attached to an aromatic ring is 1. The van der Waals surface area contributed by atoms with Crippen molar-refractivity contribution in [1.82, 2.24) is 20.3 Å². The molecule has 0 spiro atoms. The minimum Gasteiger partial charge on any atom is -0.442 e. The van der Waals surface area contributed by atoms with Crippen LogP contribution >= 0.6 is 0 Å². The van der Waals surface area contributed by atoms with Crippen LogP contribution in [0.5, 0.6) is 0 Å². The van der Waals surface area contributed by atoms with Crippen LogP contribution in [0, 0.1) is 23.2 Å². The molecule has 4 N–H and O–H groups in total. The van der Waals surface area contributed by atoms with E-state index in [1.165, 1.54) is 31.9 Å². The third-order valence-corrected chi connectivity index (χ3v) is 6.15. The van der Waals surface area contributed by atoms with Crippen molar-refractivity contribution in [2.45, 2.75) is 33.1 Å². The minimum absolute atomic E-state index is 0.206. The Labute approximate surface area is 140 Å². The Morgan fingerprint density at radius 3 is 3.00 bits per heavy atom. The molecule has 3 aliphatic rings. The number of carbonyl (C=O) groups excluding carboxylic acids is 1. The Balaban J connectivity index is 1.39. The summed E-state index contributed by atoms with van der Waals surface area (Å²) < 4.78 is 5.34. The van der Waals surface area contributed by atoms with E-state index in [2.05, 4.69) is 34.1 Å². The Hall–Kier alpha value is -2.31. The molecule has 3 saturated carbocycles. The Morgan fingerprint density at radius 1 is 1.50 bits per heavy atom. The maximum Gasteiger partial charge on any atom is 0.273 e. The number of hydrogen-bond donors (Lipinski definition) is 3. The van der Waals surface area contributed by atoms with Gasteiger partial charge in [0, 0.05) is 6.54 Å². The molecule has 0 aliphatic heterocycles. The molecule has 5 rings (SSSR count). The summed E-state index contributed by atoms with van der Waals surface area (Å²) in [5.41, 5.74) is 6.89. The fraction of sp³-hybridized carbons (Fsp3) is 0.588. The lowest BCUT2D eigenvalue weighted by Crippen LogP contribution is -2.54. The molecule has 3 aliphatic carbocycles. The quantitative estimate of drug-likeness (QED) is 0.798. The molecule has 3 fully saturated rings. The van der Waals surface area contributed by atoms with Crippen LogP contribution in [0.25, 0.3) is 11.6 Å². The summed E-state index contributed by atoms with van der Waals surface area (Å²) in [7, 11) is 0. The van der Waals surface area contributed by atoms with Crippen LogP contribution in [-0.4, -0.2) is 27.4 Å². The van der Waals surface area contributed by atoms with E-state index in [0.717, 1.165) is 5.92 Å². The number of nitrogens with one attached hydrogen (secondary N) is 2. The van der Waals surface area contributed by atoms with Crippen LogP contribution in [0.4, 0.5) is 5.82 Å². The van der Waals surface area contributed by atoms with Crippen molar-refractivity contribution >= 4 is 11.7 Å². The van der Waals surface area contributed by atoms with E-state index in [4.69, 9.17) is 10.2 Å².